The van der Waals surface area contributed by atoms with Gasteiger partial charge in [0.05, 0.1) is 6.04 Å². The lowest BCUT2D eigenvalue weighted by atomic mass is 9.98. The van der Waals surface area contributed by atoms with Crippen molar-refractivity contribution in [3.8, 4) is 0 Å². The number of aromatic nitrogens is 1. The van der Waals surface area contributed by atoms with Gasteiger partial charge in [0.1, 0.15) is 0 Å². The molecule has 0 aromatic carbocycles. The fourth-order valence-corrected chi connectivity index (χ4v) is 3.30. The molecule has 1 saturated heterocycles. The van der Waals surface area contributed by atoms with E-state index in [4.69, 9.17) is 0 Å². The van der Waals surface area contributed by atoms with Crippen LogP contribution in [0.1, 0.15) is 39.5 Å². The Bertz CT molecular complexity index is 547. The minimum Gasteiger partial charge on any atom is -0.355 e. The number of rotatable bonds is 7. The molecule has 5 nitrogen and oxygen atoms in total. The second-order valence-corrected chi connectivity index (χ2v) is 6.66. The lowest BCUT2D eigenvalue weighted by Crippen LogP contribution is -2.51. The standard InChI is InChI=1S/C18H29N3O2/c1-15(2)17(21-12-5-3-6-13-21)18(23)19-10-8-14-20-11-7-4-9-16(20)22/h4,7,9,11,15,17H,3,5-6,8,10,12-14H2,1-2H3,(H,19,23). The second kappa shape index (κ2) is 8.87. The Labute approximate surface area is 138 Å². The van der Waals surface area contributed by atoms with Crippen molar-refractivity contribution in [1.29, 1.82) is 0 Å². The SMILES string of the molecule is CC(C)C(C(=O)NCCCn1ccccc1=O)N1CCCCC1. The van der Waals surface area contributed by atoms with Crippen LogP contribution >= 0.6 is 0 Å². The van der Waals surface area contributed by atoms with Crippen molar-refractivity contribution in [2.24, 2.45) is 5.92 Å². The van der Waals surface area contributed by atoms with Gasteiger partial charge in [-0.15, -0.1) is 0 Å². The van der Waals surface area contributed by atoms with Gasteiger partial charge in [0, 0.05) is 25.4 Å². The second-order valence-electron chi connectivity index (χ2n) is 6.66. The van der Waals surface area contributed by atoms with E-state index in [1.807, 2.05) is 6.07 Å². The number of aryl methyl sites for hydroxylation is 1. The third kappa shape index (κ3) is 5.20. The molecule has 1 aromatic rings. The molecule has 1 aromatic heterocycles. The number of nitrogens with one attached hydrogen (secondary N) is 1. The number of hydrogen-bond acceptors (Lipinski definition) is 3. The van der Waals surface area contributed by atoms with Gasteiger partial charge in [0.25, 0.3) is 0 Å². The molecule has 2 rings (SSSR count). The summed E-state index contributed by atoms with van der Waals surface area (Å²) in [4.78, 5) is 26.5. The lowest BCUT2D eigenvalue weighted by molar-refractivity contribution is -0.128. The molecule has 1 N–H and O–H groups in total. The average molecular weight is 319 g/mol. The van der Waals surface area contributed by atoms with Crippen molar-refractivity contribution in [1.82, 2.24) is 14.8 Å². The van der Waals surface area contributed by atoms with Crippen LogP contribution in [0.2, 0.25) is 0 Å². The van der Waals surface area contributed by atoms with Crippen molar-refractivity contribution in [2.45, 2.75) is 52.1 Å². The molecule has 0 saturated carbocycles. The van der Waals surface area contributed by atoms with Crippen LogP contribution < -0.4 is 10.9 Å². The fourth-order valence-electron chi connectivity index (χ4n) is 3.30. The monoisotopic (exact) mass is 319 g/mol. The van der Waals surface area contributed by atoms with Crippen molar-refractivity contribution in [3.05, 3.63) is 34.7 Å². The zero-order valence-electron chi connectivity index (χ0n) is 14.3. The Kier molecular flexibility index (Phi) is 6.84. The highest BCUT2D eigenvalue weighted by molar-refractivity contribution is 5.82. The van der Waals surface area contributed by atoms with Crippen LogP contribution in [0, 0.1) is 5.92 Å². The molecule has 23 heavy (non-hydrogen) atoms. The summed E-state index contributed by atoms with van der Waals surface area (Å²) < 4.78 is 1.68. The van der Waals surface area contributed by atoms with Crippen molar-refractivity contribution in [3.63, 3.8) is 0 Å². The number of likely N-dealkylation sites (tertiary alicyclic amines) is 1. The van der Waals surface area contributed by atoms with E-state index in [-0.39, 0.29) is 17.5 Å². The number of carbonyl (C=O) groups is 1. The molecule has 0 spiro atoms. The Morgan fingerprint density at radius 3 is 2.61 bits per heavy atom. The predicted octanol–water partition coefficient (Wildman–Crippen LogP) is 1.87. The van der Waals surface area contributed by atoms with Crippen molar-refractivity contribution in [2.75, 3.05) is 19.6 Å². The molecule has 2 heterocycles. The van der Waals surface area contributed by atoms with Gasteiger partial charge >= 0.3 is 0 Å². The number of hydrogen-bond donors (Lipinski definition) is 1. The van der Waals surface area contributed by atoms with E-state index in [0.29, 0.717) is 19.0 Å². The molecule has 1 aliphatic rings. The number of nitrogens with zero attached hydrogens (tertiary/aromatic N) is 2. The Hall–Kier alpha value is -1.62. The molecular weight excluding hydrogens is 290 g/mol. The van der Waals surface area contributed by atoms with Gasteiger partial charge in [-0.1, -0.05) is 26.3 Å². The summed E-state index contributed by atoms with van der Waals surface area (Å²) >= 11 is 0. The van der Waals surface area contributed by atoms with Crippen LogP contribution in [0.5, 0.6) is 0 Å². The third-order valence-corrected chi connectivity index (χ3v) is 4.46. The normalized spacial score (nSPS) is 17.2. The smallest absolute Gasteiger partial charge is 0.250 e. The predicted molar refractivity (Wildman–Crippen MR) is 92.4 cm³/mol. The maximum absolute atomic E-state index is 12.5. The molecule has 1 atom stereocenters. The highest BCUT2D eigenvalue weighted by Gasteiger charge is 2.29. The highest BCUT2D eigenvalue weighted by atomic mass is 16.2. The van der Waals surface area contributed by atoms with Gasteiger partial charge in [-0.05, 0) is 44.3 Å². The van der Waals surface area contributed by atoms with Crippen LogP contribution in [0.25, 0.3) is 0 Å². The Balaban J connectivity index is 1.80. The van der Waals surface area contributed by atoms with Gasteiger partial charge in [-0.25, -0.2) is 0 Å². The Morgan fingerprint density at radius 1 is 1.22 bits per heavy atom. The number of carbonyl (C=O) groups excluding carboxylic acids is 1. The molecule has 0 aliphatic carbocycles. The topological polar surface area (TPSA) is 54.3 Å². The summed E-state index contributed by atoms with van der Waals surface area (Å²) in [6.07, 6.45) is 6.20. The van der Waals surface area contributed by atoms with Crippen molar-refractivity contribution < 1.29 is 4.79 Å². The van der Waals surface area contributed by atoms with E-state index in [0.717, 1.165) is 19.5 Å². The summed E-state index contributed by atoms with van der Waals surface area (Å²) in [5.41, 5.74) is 0.00667. The van der Waals surface area contributed by atoms with Crippen LogP contribution in [0.4, 0.5) is 0 Å². The average Bonchev–Trinajstić information content (AvgIpc) is 2.54. The van der Waals surface area contributed by atoms with Gasteiger partial charge in [0.15, 0.2) is 0 Å². The summed E-state index contributed by atoms with van der Waals surface area (Å²) in [7, 11) is 0. The van der Waals surface area contributed by atoms with E-state index >= 15 is 0 Å². The zero-order chi connectivity index (χ0) is 16.7. The molecule has 1 amide bonds. The first-order valence-corrected chi connectivity index (χ1v) is 8.77. The van der Waals surface area contributed by atoms with E-state index in [1.165, 1.54) is 19.3 Å². The first kappa shape index (κ1) is 17.7. The lowest BCUT2D eigenvalue weighted by Gasteiger charge is -2.35. The molecular formula is C18H29N3O2. The van der Waals surface area contributed by atoms with Crippen LogP contribution in [0.15, 0.2) is 29.2 Å². The number of amides is 1. The molecule has 0 bridgehead atoms. The van der Waals surface area contributed by atoms with E-state index in [2.05, 4.69) is 24.1 Å². The molecule has 1 fully saturated rings. The molecule has 5 heteroatoms. The highest BCUT2D eigenvalue weighted by Crippen LogP contribution is 2.17. The first-order chi connectivity index (χ1) is 11.1. The summed E-state index contributed by atoms with van der Waals surface area (Å²) in [5.74, 6) is 0.437. The maximum Gasteiger partial charge on any atom is 0.250 e. The van der Waals surface area contributed by atoms with E-state index in [9.17, 15) is 9.59 Å². The van der Waals surface area contributed by atoms with Crippen LogP contribution in [-0.2, 0) is 11.3 Å². The van der Waals surface area contributed by atoms with E-state index in [1.54, 1.807) is 22.9 Å². The molecule has 1 aliphatic heterocycles. The fraction of sp³-hybridized carbons (Fsp3) is 0.667. The minimum atomic E-state index is -0.0326. The molecule has 128 valence electrons. The first-order valence-electron chi connectivity index (χ1n) is 8.77. The van der Waals surface area contributed by atoms with Gasteiger partial charge < -0.3 is 9.88 Å². The number of piperidine rings is 1. The van der Waals surface area contributed by atoms with Crippen molar-refractivity contribution >= 4 is 5.91 Å². The largest absolute Gasteiger partial charge is 0.355 e. The number of pyridine rings is 1. The van der Waals surface area contributed by atoms with Gasteiger partial charge in [-0.2, -0.15) is 0 Å². The quantitative estimate of drug-likeness (QED) is 0.781. The molecule has 1 unspecified atom stereocenters. The Morgan fingerprint density at radius 2 is 1.96 bits per heavy atom. The molecule has 0 radical (unpaired) electrons. The summed E-state index contributed by atoms with van der Waals surface area (Å²) in [5, 5.41) is 3.06. The third-order valence-electron chi connectivity index (χ3n) is 4.46. The zero-order valence-corrected chi connectivity index (χ0v) is 14.3. The van der Waals surface area contributed by atoms with E-state index < -0.39 is 0 Å². The van der Waals surface area contributed by atoms with Gasteiger partial charge in [0.2, 0.25) is 11.5 Å². The summed E-state index contributed by atoms with van der Waals surface area (Å²) in [6, 6.07) is 5.12. The van der Waals surface area contributed by atoms with Gasteiger partial charge in [-0.3, -0.25) is 14.5 Å². The van der Waals surface area contributed by atoms with Crippen LogP contribution in [-0.4, -0.2) is 41.1 Å². The maximum atomic E-state index is 12.5. The minimum absolute atomic E-state index is 0.00667. The summed E-state index contributed by atoms with van der Waals surface area (Å²) in [6.45, 7) is 7.52. The van der Waals surface area contributed by atoms with Crippen LogP contribution in [0.3, 0.4) is 0 Å².